The molecule has 6 unspecified atom stereocenters. The quantitative estimate of drug-likeness (QED) is 0.162. The summed E-state index contributed by atoms with van der Waals surface area (Å²) in [5.41, 5.74) is 11.9. The van der Waals surface area contributed by atoms with Gasteiger partial charge >= 0.3 is 7.12 Å². The number of aliphatic imine (C=N–C) groups is 2. The average molecular weight is 980 g/mol. The molecule has 0 aliphatic carbocycles. The number of likely N-dealkylation sites (N-methyl/N-ethyl adjacent to an activating group) is 2. The molecule has 2 amide bonds. The molecule has 14 nitrogen and oxygen atoms in total. The molecule has 6 N–H and O–H groups in total. The van der Waals surface area contributed by atoms with E-state index in [-0.39, 0.29) is 53.2 Å². The molecule has 6 aliphatic rings. The molecule has 2 saturated heterocycles. The minimum absolute atomic E-state index is 0.0932. The van der Waals surface area contributed by atoms with Gasteiger partial charge in [0.1, 0.15) is 47.0 Å². The first-order chi connectivity index (χ1) is 31.5. The number of halogens is 5. The smallest absolute Gasteiger partial charge is 0.488 e. The van der Waals surface area contributed by atoms with Crippen LogP contribution in [-0.4, -0.2) is 103 Å². The molecule has 6 aliphatic heterocycles. The number of nitrogens with zero attached hydrogens (tertiary/aromatic N) is 4. The molecule has 4 aromatic carbocycles. The highest BCUT2D eigenvalue weighted by Gasteiger charge is 2.56. The number of hydrogen-bond donors (Lipinski definition) is 4. The highest BCUT2D eigenvalue weighted by atomic mass is 79.9. The normalized spacial score (nSPS) is 26.5. The standard InChI is InChI=1S/C23H23F2N3O3.C17H20BrN3O3.C6H5BF2O2/c1-28-21(29)23(27-22(28)26)11-20(14-3-2-6-30-12-14)31-19-5-4-13(9-18(19)23)15-7-16(24)10-17(25)8-15;1-21-15(22)17(20-16(21)19)8-14(10-3-2-6-23-9-10)24-13-5-4-11(18)7-12(13)17;8-5-1-4(7(10)11)2-6(9)3-5/h4-5,7-10,14,20H,2-3,6,11-12H2,1H3,(H2,26,27);4-5,7,10,14H,2-3,6,8-9H2,1H3,(H2,19,20);1-3,10-11H. The first-order valence-electron chi connectivity index (χ1n) is 21.5. The molecular formula is C46H48BBrF4N6O8. The monoisotopic (exact) mass is 978 g/mol. The molecule has 4 aromatic rings. The van der Waals surface area contributed by atoms with Gasteiger partial charge in [-0.2, -0.15) is 0 Å². The maximum absolute atomic E-state index is 13.8. The van der Waals surface area contributed by atoms with Crippen LogP contribution in [0.2, 0.25) is 0 Å². The van der Waals surface area contributed by atoms with Crippen LogP contribution in [0.15, 0.2) is 87.3 Å². The second-order valence-electron chi connectivity index (χ2n) is 17.2. The number of hydrogen-bond acceptors (Lipinski definition) is 12. The van der Waals surface area contributed by atoms with Gasteiger partial charge in [-0.15, -0.1) is 0 Å². The zero-order valence-electron chi connectivity index (χ0n) is 36.1. The predicted molar refractivity (Wildman–Crippen MR) is 239 cm³/mol. The van der Waals surface area contributed by atoms with Crippen molar-refractivity contribution < 1.29 is 56.1 Å². The Balaban J connectivity index is 0.000000149. The van der Waals surface area contributed by atoms with Crippen molar-refractivity contribution >= 4 is 52.2 Å². The van der Waals surface area contributed by atoms with E-state index in [1.807, 2.05) is 18.2 Å². The van der Waals surface area contributed by atoms with Crippen LogP contribution in [0.25, 0.3) is 11.1 Å². The van der Waals surface area contributed by atoms with Gasteiger partial charge in [-0.25, -0.2) is 27.5 Å². The van der Waals surface area contributed by atoms with Gasteiger partial charge in [0, 0.05) is 79.7 Å². The number of amides is 2. The van der Waals surface area contributed by atoms with E-state index in [0.29, 0.717) is 60.3 Å². The van der Waals surface area contributed by atoms with Gasteiger partial charge in [0.15, 0.2) is 23.0 Å². The summed E-state index contributed by atoms with van der Waals surface area (Å²) >= 11 is 3.48. The number of nitrogens with two attached hydrogens (primary N) is 2. The third-order valence-electron chi connectivity index (χ3n) is 12.8. The fourth-order valence-corrected chi connectivity index (χ4v) is 9.74. The molecule has 10 rings (SSSR count). The van der Waals surface area contributed by atoms with Gasteiger partial charge in [-0.3, -0.25) is 19.4 Å². The Hall–Kier alpha value is -5.54. The number of rotatable bonds is 4. The van der Waals surface area contributed by atoms with Gasteiger partial charge < -0.3 is 40.5 Å². The molecule has 0 bridgehead atoms. The van der Waals surface area contributed by atoms with E-state index >= 15 is 0 Å². The summed E-state index contributed by atoms with van der Waals surface area (Å²) in [5, 5.41) is 17.0. The molecule has 6 heterocycles. The van der Waals surface area contributed by atoms with E-state index in [1.54, 1.807) is 32.3 Å². The zero-order valence-corrected chi connectivity index (χ0v) is 37.6. The Labute approximate surface area is 386 Å². The van der Waals surface area contributed by atoms with Crippen LogP contribution in [0.5, 0.6) is 11.5 Å². The molecule has 0 saturated carbocycles. The van der Waals surface area contributed by atoms with E-state index in [4.69, 9.17) is 40.5 Å². The lowest BCUT2D eigenvalue weighted by molar-refractivity contribution is -0.134. The molecular weight excluding hydrogens is 931 g/mol. The number of guanidine groups is 2. The summed E-state index contributed by atoms with van der Waals surface area (Å²) < 4.78 is 76.9. The Morgan fingerprint density at radius 2 is 1.12 bits per heavy atom. The third-order valence-corrected chi connectivity index (χ3v) is 13.3. The van der Waals surface area contributed by atoms with Gasteiger partial charge in [-0.1, -0.05) is 22.0 Å². The molecule has 6 atom stereocenters. The lowest BCUT2D eigenvalue weighted by atomic mass is 9.77. The lowest BCUT2D eigenvalue weighted by Gasteiger charge is -2.40. The number of benzene rings is 4. The Morgan fingerprint density at radius 1 is 0.667 bits per heavy atom. The van der Waals surface area contributed by atoms with Crippen molar-refractivity contribution in [3.8, 4) is 22.6 Å². The van der Waals surface area contributed by atoms with Crippen LogP contribution >= 0.6 is 15.9 Å². The summed E-state index contributed by atoms with van der Waals surface area (Å²) in [6.07, 6.45) is 4.41. The molecule has 0 aromatic heterocycles. The second-order valence-corrected chi connectivity index (χ2v) is 18.1. The van der Waals surface area contributed by atoms with Gasteiger partial charge in [0.2, 0.25) is 0 Å². The van der Waals surface area contributed by atoms with Crippen LogP contribution in [0, 0.1) is 35.1 Å². The number of carbonyl (C=O) groups excluding carboxylic acids is 2. The Kier molecular flexibility index (Phi) is 13.5. The van der Waals surface area contributed by atoms with Crippen LogP contribution < -0.4 is 26.4 Å². The van der Waals surface area contributed by atoms with Gasteiger partial charge in [0.25, 0.3) is 11.8 Å². The predicted octanol–water partition coefficient (Wildman–Crippen LogP) is 4.84. The van der Waals surface area contributed by atoms with E-state index < -0.39 is 41.5 Å². The second kappa shape index (κ2) is 19.0. The summed E-state index contributed by atoms with van der Waals surface area (Å²) in [4.78, 5) is 38.4. The van der Waals surface area contributed by atoms with Crippen LogP contribution in [0.3, 0.4) is 0 Å². The topological polar surface area (TPSA) is 195 Å². The highest BCUT2D eigenvalue weighted by Crippen LogP contribution is 2.50. The van der Waals surface area contributed by atoms with E-state index in [2.05, 4.69) is 25.9 Å². The molecule has 348 valence electrons. The van der Waals surface area contributed by atoms with Crippen molar-refractivity contribution in [1.82, 2.24) is 9.80 Å². The van der Waals surface area contributed by atoms with Gasteiger partial charge in [-0.05, 0) is 96.9 Å². The molecule has 2 spiro atoms. The largest absolute Gasteiger partial charge is 0.490 e. The highest BCUT2D eigenvalue weighted by molar-refractivity contribution is 9.10. The van der Waals surface area contributed by atoms with E-state index in [1.165, 1.54) is 21.9 Å². The molecule has 0 radical (unpaired) electrons. The van der Waals surface area contributed by atoms with Crippen molar-refractivity contribution in [3.63, 3.8) is 0 Å². The van der Waals surface area contributed by atoms with Crippen LogP contribution in [0.4, 0.5) is 17.6 Å². The summed E-state index contributed by atoms with van der Waals surface area (Å²) in [6, 6.07) is 16.6. The van der Waals surface area contributed by atoms with Crippen molar-refractivity contribution in [3.05, 3.63) is 112 Å². The number of ether oxygens (including phenoxy) is 4. The summed E-state index contributed by atoms with van der Waals surface area (Å²) in [7, 11) is 1.43. The SMILES string of the molecule is CN1C(=O)C2(CC(C3CCCOC3)Oc3ccc(-c4cc(F)cc(F)c4)cc32)N=C1N.CN1C(=O)C2(CC(C3CCCOC3)Oc3ccc(Br)cc32)N=C1N.OB(O)c1cc(F)cc(F)c1. The lowest BCUT2D eigenvalue weighted by Crippen LogP contribution is -2.48. The van der Waals surface area contributed by atoms with Crippen molar-refractivity contribution in [2.75, 3.05) is 40.5 Å². The zero-order chi connectivity index (χ0) is 47.1. The minimum Gasteiger partial charge on any atom is -0.490 e. The third kappa shape index (κ3) is 9.25. The van der Waals surface area contributed by atoms with Crippen molar-refractivity contribution in [2.24, 2.45) is 33.3 Å². The van der Waals surface area contributed by atoms with Crippen molar-refractivity contribution in [2.45, 2.75) is 61.8 Å². The minimum atomic E-state index is -1.83. The fraction of sp³-hybridized carbons (Fsp3) is 0.391. The number of fused-ring (bicyclic) bond motifs is 4. The maximum atomic E-state index is 13.8. The Bertz CT molecular complexity index is 2540. The number of carbonyl (C=O) groups is 2. The first kappa shape index (κ1) is 47.0. The molecule has 20 heteroatoms. The van der Waals surface area contributed by atoms with Crippen LogP contribution in [0.1, 0.15) is 49.7 Å². The fourth-order valence-electron chi connectivity index (χ4n) is 9.38. The average Bonchev–Trinajstić information content (AvgIpc) is 3.64. The Morgan fingerprint density at radius 3 is 1.55 bits per heavy atom. The summed E-state index contributed by atoms with van der Waals surface area (Å²) in [5.74, 6) is -1.28. The maximum Gasteiger partial charge on any atom is 0.488 e. The molecule has 2 fully saturated rings. The van der Waals surface area contributed by atoms with Crippen molar-refractivity contribution in [1.29, 1.82) is 0 Å². The van der Waals surface area contributed by atoms with Crippen LogP contribution in [-0.2, 0) is 30.1 Å². The summed E-state index contributed by atoms with van der Waals surface area (Å²) in [6.45, 7) is 2.76. The van der Waals surface area contributed by atoms with E-state index in [9.17, 15) is 27.2 Å². The van der Waals surface area contributed by atoms with E-state index in [0.717, 1.165) is 67.1 Å². The first-order valence-corrected chi connectivity index (χ1v) is 22.3. The molecule has 66 heavy (non-hydrogen) atoms. The van der Waals surface area contributed by atoms with Gasteiger partial charge in [0.05, 0.1) is 13.2 Å².